The van der Waals surface area contributed by atoms with E-state index < -0.39 is 0 Å². The van der Waals surface area contributed by atoms with Crippen LogP contribution in [0.1, 0.15) is 26.2 Å². The summed E-state index contributed by atoms with van der Waals surface area (Å²) in [5, 5.41) is -0.143. The lowest BCUT2D eigenvalue weighted by Gasteiger charge is -2.11. The van der Waals surface area contributed by atoms with E-state index in [2.05, 4.69) is 10.9 Å². The van der Waals surface area contributed by atoms with Crippen molar-refractivity contribution in [2.75, 3.05) is 5.75 Å². The summed E-state index contributed by atoms with van der Waals surface area (Å²) in [5.41, 5.74) is 4.17. The van der Waals surface area contributed by atoms with E-state index in [9.17, 15) is 9.59 Å². The first kappa shape index (κ1) is 14.2. The molecule has 0 spiro atoms. The molecule has 7 heteroatoms. The van der Waals surface area contributed by atoms with Gasteiger partial charge in [0.25, 0.3) is 0 Å². The minimum atomic E-state index is -0.188. The lowest BCUT2D eigenvalue weighted by molar-refractivity contribution is -0.121. The van der Waals surface area contributed by atoms with E-state index >= 15 is 0 Å². The van der Waals surface area contributed by atoms with Crippen LogP contribution in [-0.4, -0.2) is 22.8 Å². The van der Waals surface area contributed by atoms with Gasteiger partial charge in [0.05, 0.1) is 5.25 Å². The number of nitrogens with one attached hydrogen (secondary N) is 2. The van der Waals surface area contributed by atoms with Crippen LogP contribution in [0.25, 0.3) is 0 Å². The molecule has 88 valence electrons. The molecule has 0 saturated heterocycles. The number of amides is 2. The fourth-order valence-electron chi connectivity index (χ4n) is 1.00. The summed E-state index contributed by atoms with van der Waals surface area (Å²) < 4.78 is 0. The van der Waals surface area contributed by atoms with Gasteiger partial charge in [-0.3, -0.25) is 20.4 Å². The van der Waals surface area contributed by atoms with Crippen molar-refractivity contribution < 1.29 is 9.59 Å². The average Bonchev–Trinajstić information content (AvgIpc) is 2.27. The molecule has 6 N–H and O–H groups in total. The van der Waals surface area contributed by atoms with Gasteiger partial charge in [0.2, 0.25) is 11.8 Å². The SMILES string of the molecule is CCC(SCCCC(=O)NN)C(=O)NN. The van der Waals surface area contributed by atoms with Gasteiger partial charge in [-0.05, 0) is 18.6 Å². The van der Waals surface area contributed by atoms with Crippen LogP contribution in [0.5, 0.6) is 0 Å². The Morgan fingerprint density at radius 2 is 2.00 bits per heavy atom. The highest BCUT2D eigenvalue weighted by Gasteiger charge is 2.15. The van der Waals surface area contributed by atoms with Gasteiger partial charge >= 0.3 is 0 Å². The molecule has 0 radical (unpaired) electrons. The van der Waals surface area contributed by atoms with Gasteiger partial charge in [-0.1, -0.05) is 6.92 Å². The van der Waals surface area contributed by atoms with Crippen LogP contribution in [0, 0.1) is 0 Å². The van der Waals surface area contributed by atoms with Crippen molar-refractivity contribution in [3.8, 4) is 0 Å². The van der Waals surface area contributed by atoms with Crippen LogP contribution < -0.4 is 22.5 Å². The summed E-state index contributed by atoms with van der Waals surface area (Å²) in [4.78, 5) is 21.9. The lowest BCUT2D eigenvalue weighted by atomic mass is 10.3. The van der Waals surface area contributed by atoms with Crippen LogP contribution in [0.3, 0.4) is 0 Å². The Morgan fingerprint density at radius 1 is 1.33 bits per heavy atom. The molecule has 1 unspecified atom stereocenters. The van der Waals surface area contributed by atoms with Gasteiger partial charge in [-0.2, -0.15) is 0 Å². The smallest absolute Gasteiger partial charge is 0.246 e. The van der Waals surface area contributed by atoms with Crippen LogP contribution in [0.2, 0.25) is 0 Å². The molecular formula is C8H18N4O2S. The third-order valence-corrected chi connectivity index (χ3v) is 3.31. The number of carbonyl (C=O) groups excluding carboxylic acids is 2. The highest BCUT2D eigenvalue weighted by Crippen LogP contribution is 2.16. The molecule has 0 aromatic heterocycles. The molecule has 0 aliphatic heterocycles. The van der Waals surface area contributed by atoms with Crippen LogP contribution in [0.15, 0.2) is 0 Å². The summed E-state index contributed by atoms with van der Waals surface area (Å²) >= 11 is 1.49. The van der Waals surface area contributed by atoms with Crippen LogP contribution in [-0.2, 0) is 9.59 Å². The van der Waals surface area contributed by atoms with Gasteiger partial charge in [-0.25, -0.2) is 11.7 Å². The van der Waals surface area contributed by atoms with Crippen molar-refractivity contribution in [3.05, 3.63) is 0 Å². The second-order valence-electron chi connectivity index (χ2n) is 2.95. The molecule has 0 aromatic carbocycles. The zero-order valence-corrected chi connectivity index (χ0v) is 9.60. The molecule has 0 aliphatic rings. The van der Waals surface area contributed by atoms with E-state index in [0.717, 1.165) is 12.2 Å². The van der Waals surface area contributed by atoms with E-state index in [1.165, 1.54) is 11.8 Å². The third kappa shape index (κ3) is 6.32. The molecular weight excluding hydrogens is 216 g/mol. The second kappa shape index (κ2) is 8.51. The first-order chi connectivity index (χ1) is 7.15. The Hall–Kier alpha value is -0.790. The van der Waals surface area contributed by atoms with Crippen molar-refractivity contribution >= 4 is 23.6 Å². The molecule has 1 atom stereocenters. The Kier molecular flexibility index (Phi) is 8.06. The summed E-state index contributed by atoms with van der Waals surface area (Å²) in [6.45, 7) is 1.92. The largest absolute Gasteiger partial charge is 0.294 e. The quantitative estimate of drug-likeness (QED) is 0.201. The third-order valence-electron chi connectivity index (χ3n) is 1.83. The van der Waals surface area contributed by atoms with Crippen molar-refractivity contribution in [3.63, 3.8) is 0 Å². The topological polar surface area (TPSA) is 110 Å². The monoisotopic (exact) mass is 234 g/mol. The number of thioether (sulfide) groups is 1. The number of hydrogen-bond acceptors (Lipinski definition) is 5. The van der Waals surface area contributed by atoms with Gasteiger partial charge in [0.1, 0.15) is 0 Å². The van der Waals surface area contributed by atoms with Gasteiger partial charge in [0.15, 0.2) is 0 Å². The zero-order valence-electron chi connectivity index (χ0n) is 8.79. The maximum Gasteiger partial charge on any atom is 0.246 e. The number of nitrogens with two attached hydrogens (primary N) is 2. The predicted molar refractivity (Wildman–Crippen MR) is 60.4 cm³/mol. The van der Waals surface area contributed by atoms with Gasteiger partial charge in [0, 0.05) is 6.42 Å². The Morgan fingerprint density at radius 3 is 2.47 bits per heavy atom. The fourth-order valence-corrected chi connectivity index (χ4v) is 2.05. The molecule has 0 bridgehead atoms. The van der Waals surface area contributed by atoms with E-state index in [1.54, 1.807) is 0 Å². The number of hydrogen-bond donors (Lipinski definition) is 4. The molecule has 0 heterocycles. The minimum Gasteiger partial charge on any atom is -0.294 e. The van der Waals surface area contributed by atoms with Crippen molar-refractivity contribution in [1.29, 1.82) is 0 Å². The molecule has 0 fully saturated rings. The number of carbonyl (C=O) groups is 2. The molecule has 0 aliphatic carbocycles. The summed E-state index contributed by atoms with van der Waals surface area (Å²) in [6.07, 6.45) is 1.79. The first-order valence-corrected chi connectivity index (χ1v) is 5.82. The fraction of sp³-hybridized carbons (Fsp3) is 0.750. The zero-order chi connectivity index (χ0) is 11.7. The normalized spacial score (nSPS) is 11.9. The maximum atomic E-state index is 11.2. The standard InChI is InChI=1S/C8H18N4O2S/c1-2-6(8(14)12-10)15-5-3-4-7(13)11-9/h6H,2-5,9-10H2,1H3,(H,11,13)(H,12,14). The van der Waals surface area contributed by atoms with Crippen molar-refractivity contribution in [2.24, 2.45) is 11.7 Å². The molecule has 0 rings (SSSR count). The molecule has 15 heavy (non-hydrogen) atoms. The van der Waals surface area contributed by atoms with Crippen LogP contribution in [0.4, 0.5) is 0 Å². The van der Waals surface area contributed by atoms with Gasteiger partial charge in [-0.15, -0.1) is 11.8 Å². The first-order valence-electron chi connectivity index (χ1n) is 4.77. The molecule has 0 aromatic rings. The van der Waals surface area contributed by atoms with E-state index in [-0.39, 0.29) is 17.1 Å². The second-order valence-corrected chi connectivity index (χ2v) is 4.26. The highest BCUT2D eigenvalue weighted by molar-refractivity contribution is 8.00. The van der Waals surface area contributed by atoms with E-state index in [1.807, 2.05) is 6.92 Å². The lowest BCUT2D eigenvalue weighted by Crippen LogP contribution is -2.37. The van der Waals surface area contributed by atoms with Crippen molar-refractivity contribution in [2.45, 2.75) is 31.4 Å². The Labute approximate surface area is 93.5 Å². The summed E-state index contributed by atoms with van der Waals surface area (Å²) in [5.74, 6) is 10.3. The molecule has 2 amide bonds. The van der Waals surface area contributed by atoms with Crippen molar-refractivity contribution in [1.82, 2.24) is 10.9 Å². The van der Waals surface area contributed by atoms with E-state index in [4.69, 9.17) is 11.7 Å². The maximum absolute atomic E-state index is 11.2. The Bertz CT molecular complexity index is 213. The summed E-state index contributed by atoms with van der Waals surface area (Å²) in [7, 11) is 0. The Balaban J connectivity index is 3.64. The predicted octanol–water partition coefficient (Wildman–Crippen LogP) is -0.742. The minimum absolute atomic E-state index is 0.143. The number of rotatable bonds is 7. The van der Waals surface area contributed by atoms with Gasteiger partial charge < -0.3 is 0 Å². The molecule has 0 saturated carbocycles. The van der Waals surface area contributed by atoms with Crippen LogP contribution >= 0.6 is 11.8 Å². The highest BCUT2D eigenvalue weighted by atomic mass is 32.2. The average molecular weight is 234 g/mol. The molecule has 6 nitrogen and oxygen atoms in total. The summed E-state index contributed by atoms with van der Waals surface area (Å²) in [6, 6.07) is 0. The number of hydrazine groups is 2. The van der Waals surface area contributed by atoms with E-state index in [0.29, 0.717) is 12.8 Å².